The van der Waals surface area contributed by atoms with Gasteiger partial charge in [0.2, 0.25) is 5.95 Å². The molecule has 1 aliphatic rings. The van der Waals surface area contributed by atoms with E-state index < -0.39 is 71.5 Å². The number of hydrogen-bond donors (Lipinski definition) is 1. The largest absolute Gasteiger partial charge is 0.481 e. The van der Waals surface area contributed by atoms with Crippen LogP contribution < -0.4 is 14.7 Å². The van der Waals surface area contributed by atoms with Crippen molar-refractivity contribution >= 4 is 29.4 Å². The summed E-state index contributed by atoms with van der Waals surface area (Å²) < 4.78 is 131. The van der Waals surface area contributed by atoms with Crippen LogP contribution in [0, 0.1) is 0 Å². The van der Waals surface area contributed by atoms with Crippen molar-refractivity contribution in [1.29, 1.82) is 0 Å². The molecule has 52 heavy (non-hydrogen) atoms. The van der Waals surface area contributed by atoms with Crippen LogP contribution in [0.1, 0.15) is 79.3 Å². The third-order valence-corrected chi connectivity index (χ3v) is 8.54. The Morgan fingerprint density at radius 2 is 1.46 bits per heavy atom. The Balaban J connectivity index is 1.85. The molecule has 0 unspecified atom stereocenters. The van der Waals surface area contributed by atoms with Crippen LogP contribution in [0.3, 0.4) is 0 Å². The Morgan fingerprint density at radius 1 is 0.865 bits per heavy atom. The normalized spacial score (nSPS) is 16.3. The lowest BCUT2D eigenvalue weighted by atomic mass is 9.87. The molecule has 284 valence electrons. The van der Waals surface area contributed by atoms with Gasteiger partial charge in [-0.15, -0.1) is 0 Å². The van der Waals surface area contributed by atoms with Gasteiger partial charge in [-0.3, -0.25) is 9.69 Å². The van der Waals surface area contributed by atoms with E-state index in [2.05, 4.69) is 9.97 Å². The number of carboxylic acid groups (broad SMARTS) is 1. The summed E-state index contributed by atoms with van der Waals surface area (Å²) in [6.45, 7) is 0.893. The number of rotatable bonds is 12. The number of carboxylic acids is 1. The summed E-state index contributed by atoms with van der Waals surface area (Å²) in [6, 6.07) is 1.71. The van der Waals surface area contributed by atoms with Crippen LogP contribution in [0.15, 0.2) is 48.8 Å². The van der Waals surface area contributed by atoms with Gasteiger partial charge in [0.25, 0.3) is 0 Å². The van der Waals surface area contributed by atoms with Gasteiger partial charge in [-0.05, 0) is 79.6 Å². The molecule has 2 atom stereocenters. The molecule has 1 N–H and O–H groups in total. The zero-order valence-corrected chi connectivity index (χ0v) is 28.2. The van der Waals surface area contributed by atoms with Crippen molar-refractivity contribution < 1.29 is 58.9 Å². The van der Waals surface area contributed by atoms with Gasteiger partial charge < -0.3 is 19.6 Å². The van der Waals surface area contributed by atoms with Gasteiger partial charge in [0, 0.05) is 33.1 Å². The molecule has 2 aromatic carbocycles. The molecule has 1 aromatic heterocycles. The molecule has 4 rings (SSSR count). The number of anilines is 3. The first-order chi connectivity index (χ1) is 24.2. The molecule has 0 spiro atoms. The molecule has 0 saturated heterocycles. The van der Waals surface area contributed by atoms with Crippen molar-refractivity contribution in [3.05, 3.63) is 76.6 Å². The van der Waals surface area contributed by atoms with Gasteiger partial charge in [-0.25, -0.2) is 14.8 Å². The highest BCUT2D eigenvalue weighted by molar-refractivity contribution is 5.90. The van der Waals surface area contributed by atoms with Gasteiger partial charge in [-0.1, -0.05) is 6.92 Å². The number of fused-ring (bicyclic) bond motifs is 1. The monoisotopic (exact) mass is 749 g/mol. The van der Waals surface area contributed by atoms with E-state index in [-0.39, 0.29) is 49.1 Å². The predicted octanol–water partition coefficient (Wildman–Crippen LogP) is 9.12. The number of unbranched alkanes of at least 4 members (excludes halogenated alkanes) is 2. The van der Waals surface area contributed by atoms with Gasteiger partial charge in [0.05, 0.1) is 53.1 Å². The predicted molar refractivity (Wildman–Crippen MR) is 172 cm³/mol. The first-order valence-electron chi connectivity index (χ1n) is 16.1. The van der Waals surface area contributed by atoms with E-state index in [0.717, 1.165) is 18.2 Å². The standard InChI is InChI=1S/C34H36F9N5O4/c1-4-24-16-28(26-15-21(32(35,36)37)9-10-27(26)48(24)31(51)52-11-7-5-6-8-29(49)50)47(30-44-17-25(18-45-30)46(2)3)19-20-12-22(33(38,39)40)14-23(13-20)34(41,42)43/h9-10,12-15,17-18,24,28H,4-8,11,16,19H2,1-3H3,(H,49,50)/t24-,28+/m1/s1. The van der Waals surface area contributed by atoms with Gasteiger partial charge in [0.15, 0.2) is 0 Å². The Bertz CT molecular complexity index is 1680. The highest BCUT2D eigenvalue weighted by atomic mass is 19.4. The van der Waals surface area contributed by atoms with Crippen LogP contribution in [0.25, 0.3) is 0 Å². The van der Waals surface area contributed by atoms with Gasteiger partial charge in [0.1, 0.15) is 0 Å². The van der Waals surface area contributed by atoms with Crippen molar-refractivity contribution in [2.75, 3.05) is 35.4 Å². The number of carbonyl (C=O) groups is 2. The summed E-state index contributed by atoms with van der Waals surface area (Å²) in [5.74, 6) is -1.18. The summed E-state index contributed by atoms with van der Waals surface area (Å²) in [5, 5.41) is 8.82. The summed E-state index contributed by atoms with van der Waals surface area (Å²) in [4.78, 5) is 36.9. The maximum absolute atomic E-state index is 14.1. The molecule has 0 radical (unpaired) electrons. The lowest BCUT2D eigenvalue weighted by Gasteiger charge is -2.44. The SMILES string of the molecule is CC[C@@H]1C[C@H](N(Cc2cc(C(F)(F)F)cc(C(F)(F)F)c2)c2ncc(N(C)C)cn2)c2cc(C(F)(F)F)ccc2N1C(=O)OCCCCCC(=O)O. The van der Waals surface area contributed by atoms with Crippen LogP contribution in [0.2, 0.25) is 0 Å². The number of amides is 1. The Labute approximate surface area is 293 Å². The number of ether oxygens (including phenoxy) is 1. The minimum Gasteiger partial charge on any atom is -0.481 e. The van der Waals surface area contributed by atoms with E-state index in [4.69, 9.17) is 9.84 Å². The fourth-order valence-electron chi connectivity index (χ4n) is 5.90. The molecule has 1 amide bonds. The maximum atomic E-state index is 14.1. The molecular weight excluding hydrogens is 713 g/mol. The van der Waals surface area contributed by atoms with Crippen LogP contribution in [0.4, 0.5) is 61.6 Å². The van der Waals surface area contributed by atoms with Crippen molar-refractivity contribution in [3.63, 3.8) is 0 Å². The number of carbonyl (C=O) groups excluding carboxylic acids is 1. The first kappa shape index (κ1) is 40.0. The molecule has 0 aliphatic carbocycles. The smallest absolute Gasteiger partial charge is 0.416 e. The highest BCUT2D eigenvalue weighted by Crippen LogP contribution is 2.46. The number of nitrogens with zero attached hydrogens (tertiary/aromatic N) is 5. The lowest BCUT2D eigenvalue weighted by molar-refractivity contribution is -0.143. The molecule has 18 heteroatoms. The number of aromatic nitrogens is 2. The number of aliphatic carboxylic acids is 1. The van der Waals surface area contributed by atoms with E-state index >= 15 is 0 Å². The average Bonchev–Trinajstić information content (AvgIpc) is 3.06. The fraction of sp³-hybridized carbons (Fsp3) is 0.471. The second-order valence-electron chi connectivity index (χ2n) is 12.5. The van der Waals surface area contributed by atoms with E-state index in [1.165, 1.54) is 22.2 Å². The first-order valence-corrected chi connectivity index (χ1v) is 16.1. The quantitative estimate of drug-likeness (QED) is 0.145. The zero-order valence-electron chi connectivity index (χ0n) is 28.2. The highest BCUT2D eigenvalue weighted by Gasteiger charge is 2.42. The van der Waals surface area contributed by atoms with Crippen molar-refractivity contribution in [2.24, 2.45) is 0 Å². The number of halogens is 9. The zero-order chi connectivity index (χ0) is 38.6. The molecule has 2 heterocycles. The maximum Gasteiger partial charge on any atom is 0.416 e. The summed E-state index contributed by atoms with van der Waals surface area (Å²) in [6.07, 6.45) is -12.3. The molecule has 1 aliphatic heterocycles. The fourth-order valence-corrected chi connectivity index (χ4v) is 5.90. The van der Waals surface area contributed by atoms with Crippen molar-refractivity contribution in [2.45, 2.75) is 82.6 Å². The van der Waals surface area contributed by atoms with E-state index in [0.29, 0.717) is 37.1 Å². The van der Waals surface area contributed by atoms with E-state index in [1.54, 1.807) is 25.9 Å². The van der Waals surface area contributed by atoms with Crippen LogP contribution in [-0.2, 0) is 34.6 Å². The number of alkyl halides is 9. The number of benzene rings is 2. The summed E-state index contributed by atoms with van der Waals surface area (Å²) >= 11 is 0. The Morgan fingerprint density at radius 3 is 1.98 bits per heavy atom. The van der Waals surface area contributed by atoms with Crippen molar-refractivity contribution in [3.8, 4) is 0 Å². The summed E-state index contributed by atoms with van der Waals surface area (Å²) in [5.41, 5.74) is -4.37. The molecule has 0 saturated carbocycles. The lowest BCUT2D eigenvalue weighted by Crippen LogP contribution is -2.48. The third kappa shape index (κ3) is 9.76. The molecular formula is C34H36F9N5O4. The molecule has 9 nitrogen and oxygen atoms in total. The Hall–Kier alpha value is -4.77. The van der Waals surface area contributed by atoms with E-state index in [9.17, 15) is 49.1 Å². The van der Waals surface area contributed by atoms with Gasteiger partial charge >= 0.3 is 30.6 Å². The molecule has 0 fully saturated rings. The third-order valence-electron chi connectivity index (χ3n) is 8.54. The topological polar surface area (TPSA) is 99.1 Å². The second-order valence-corrected chi connectivity index (χ2v) is 12.5. The van der Waals surface area contributed by atoms with Crippen LogP contribution in [0.5, 0.6) is 0 Å². The number of hydrogen-bond acceptors (Lipinski definition) is 7. The average molecular weight is 750 g/mol. The van der Waals surface area contributed by atoms with Crippen LogP contribution in [-0.4, -0.2) is 53.9 Å². The van der Waals surface area contributed by atoms with Crippen molar-refractivity contribution in [1.82, 2.24) is 9.97 Å². The van der Waals surface area contributed by atoms with E-state index in [1.807, 2.05) is 0 Å². The molecule has 3 aromatic rings. The molecule has 0 bridgehead atoms. The summed E-state index contributed by atoms with van der Waals surface area (Å²) in [7, 11) is 3.34. The Kier molecular flexibility index (Phi) is 12.2. The minimum atomic E-state index is -5.16. The van der Waals surface area contributed by atoms with Gasteiger partial charge in [-0.2, -0.15) is 39.5 Å². The second kappa shape index (κ2) is 15.9. The van der Waals surface area contributed by atoms with Crippen LogP contribution >= 0.6 is 0 Å². The minimum absolute atomic E-state index is 0.0121.